The summed E-state index contributed by atoms with van der Waals surface area (Å²) in [6.07, 6.45) is 6.70. The lowest BCUT2D eigenvalue weighted by atomic mass is 9.84. The number of rotatable bonds is 4. The molecule has 0 aromatic carbocycles. The van der Waals surface area contributed by atoms with Gasteiger partial charge in [-0.2, -0.15) is 11.8 Å². The van der Waals surface area contributed by atoms with Crippen molar-refractivity contribution in [2.75, 3.05) is 24.7 Å². The number of carboxylic acids is 1. The molecule has 0 bridgehead atoms. The van der Waals surface area contributed by atoms with Crippen LogP contribution in [0, 0.1) is 0 Å². The van der Waals surface area contributed by atoms with E-state index in [0.29, 0.717) is 6.04 Å². The highest BCUT2D eigenvalue weighted by atomic mass is 32.2. The minimum atomic E-state index is -0.608. The van der Waals surface area contributed by atoms with Gasteiger partial charge in [-0.25, -0.2) is 0 Å². The molecule has 0 saturated carbocycles. The number of likely N-dealkylation sites (tertiary alicyclic amines) is 1. The summed E-state index contributed by atoms with van der Waals surface area (Å²) < 4.78 is 6.11. The van der Waals surface area contributed by atoms with Crippen LogP contribution in [0.4, 0.5) is 0 Å². The van der Waals surface area contributed by atoms with Gasteiger partial charge in [0.25, 0.3) is 0 Å². The zero-order valence-corrected chi connectivity index (χ0v) is 13.8. The van der Waals surface area contributed by atoms with E-state index in [9.17, 15) is 9.90 Å². The van der Waals surface area contributed by atoms with Gasteiger partial charge in [0, 0.05) is 18.4 Å². The number of hydrogen-bond donors (Lipinski definition) is 1. The fourth-order valence-corrected chi connectivity index (χ4v) is 5.96. The summed E-state index contributed by atoms with van der Waals surface area (Å²) in [5, 5.41) is 9.88. The van der Waals surface area contributed by atoms with E-state index in [4.69, 9.17) is 4.74 Å². The van der Waals surface area contributed by atoms with Crippen molar-refractivity contribution in [1.82, 2.24) is 4.90 Å². The minimum Gasteiger partial charge on any atom is -0.480 e. The van der Waals surface area contributed by atoms with Gasteiger partial charge in [0.05, 0.1) is 5.60 Å². The van der Waals surface area contributed by atoms with Gasteiger partial charge in [-0.15, -0.1) is 0 Å². The summed E-state index contributed by atoms with van der Waals surface area (Å²) in [5.41, 5.74) is -0.573. The molecule has 3 atom stereocenters. The molecule has 1 spiro atoms. The van der Waals surface area contributed by atoms with Crippen LogP contribution in [0.5, 0.6) is 0 Å². The first-order valence-electron chi connectivity index (χ1n) is 8.34. The molecule has 0 radical (unpaired) electrons. The minimum absolute atomic E-state index is 0.0344. The van der Waals surface area contributed by atoms with Crippen LogP contribution in [-0.2, 0) is 9.53 Å². The standard InChI is InChI=1S/C16H27NO3S/c1-2-5-16(14(18)19)6-3-8-17(16)13-4-9-20-15(11-13)7-10-21-12-15/h13H,2-12H2,1H3,(H,18,19). The van der Waals surface area contributed by atoms with Gasteiger partial charge in [-0.05, 0) is 50.8 Å². The van der Waals surface area contributed by atoms with Gasteiger partial charge < -0.3 is 9.84 Å². The summed E-state index contributed by atoms with van der Waals surface area (Å²) in [4.78, 5) is 14.3. The number of ether oxygens (including phenoxy) is 1. The van der Waals surface area contributed by atoms with Gasteiger partial charge in [0.1, 0.15) is 5.54 Å². The number of hydrogen-bond acceptors (Lipinski definition) is 4. The van der Waals surface area contributed by atoms with E-state index in [-0.39, 0.29) is 5.60 Å². The second-order valence-corrected chi connectivity index (χ2v) is 7.97. The van der Waals surface area contributed by atoms with E-state index in [2.05, 4.69) is 11.8 Å². The van der Waals surface area contributed by atoms with E-state index in [0.717, 1.165) is 63.9 Å². The Morgan fingerprint density at radius 3 is 3.00 bits per heavy atom. The van der Waals surface area contributed by atoms with E-state index >= 15 is 0 Å². The largest absolute Gasteiger partial charge is 0.480 e. The molecule has 3 unspecified atom stereocenters. The zero-order valence-electron chi connectivity index (χ0n) is 13.0. The molecule has 3 aliphatic rings. The van der Waals surface area contributed by atoms with Crippen LogP contribution in [0.15, 0.2) is 0 Å². The quantitative estimate of drug-likeness (QED) is 0.865. The topological polar surface area (TPSA) is 49.8 Å². The summed E-state index contributed by atoms with van der Waals surface area (Å²) >= 11 is 1.98. The number of aliphatic carboxylic acids is 1. The van der Waals surface area contributed by atoms with E-state index in [1.165, 1.54) is 5.75 Å². The lowest BCUT2D eigenvalue weighted by Gasteiger charge is -2.46. The summed E-state index contributed by atoms with van der Waals surface area (Å²) in [6, 6.07) is 0.391. The van der Waals surface area contributed by atoms with Crippen molar-refractivity contribution < 1.29 is 14.6 Å². The molecule has 0 aliphatic carbocycles. The molecule has 3 heterocycles. The Hall–Kier alpha value is -0.260. The van der Waals surface area contributed by atoms with Gasteiger partial charge in [-0.3, -0.25) is 9.69 Å². The number of carboxylic acid groups (broad SMARTS) is 1. The summed E-state index contributed by atoms with van der Waals surface area (Å²) in [6.45, 7) is 3.84. The Kier molecular flexibility index (Phi) is 4.53. The summed E-state index contributed by atoms with van der Waals surface area (Å²) in [7, 11) is 0. The third-order valence-electron chi connectivity index (χ3n) is 5.58. The molecular formula is C16H27NO3S. The van der Waals surface area contributed by atoms with Gasteiger partial charge in [0.15, 0.2) is 0 Å². The van der Waals surface area contributed by atoms with Gasteiger partial charge >= 0.3 is 5.97 Å². The van der Waals surface area contributed by atoms with Crippen molar-refractivity contribution in [3.63, 3.8) is 0 Å². The van der Waals surface area contributed by atoms with Crippen LogP contribution < -0.4 is 0 Å². The smallest absolute Gasteiger partial charge is 0.324 e. The molecule has 3 saturated heterocycles. The average molecular weight is 313 g/mol. The third-order valence-corrected chi connectivity index (χ3v) is 6.80. The van der Waals surface area contributed by atoms with E-state index in [1.807, 2.05) is 11.8 Å². The Morgan fingerprint density at radius 2 is 2.33 bits per heavy atom. The summed E-state index contributed by atoms with van der Waals surface area (Å²) in [5.74, 6) is 1.67. The van der Waals surface area contributed by atoms with Gasteiger partial charge in [0.2, 0.25) is 0 Å². The molecule has 4 nitrogen and oxygen atoms in total. The monoisotopic (exact) mass is 313 g/mol. The van der Waals surface area contributed by atoms with Crippen LogP contribution in [0.3, 0.4) is 0 Å². The molecule has 0 amide bonds. The normalized spacial score (nSPS) is 40.9. The zero-order chi connectivity index (χ0) is 14.9. The maximum absolute atomic E-state index is 12.0. The highest BCUT2D eigenvalue weighted by molar-refractivity contribution is 7.99. The third kappa shape index (κ3) is 2.73. The first kappa shape index (κ1) is 15.6. The maximum atomic E-state index is 12.0. The molecule has 3 rings (SSSR count). The van der Waals surface area contributed by atoms with Crippen LogP contribution >= 0.6 is 11.8 Å². The van der Waals surface area contributed by atoms with Crippen molar-refractivity contribution in [2.24, 2.45) is 0 Å². The molecule has 3 aliphatic heterocycles. The van der Waals surface area contributed by atoms with Crippen molar-refractivity contribution >= 4 is 17.7 Å². The highest BCUT2D eigenvalue weighted by Gasteiger charge is 2.52. The highest BCUT2D eigenvalue weighted by Crippen LogP contribution is 2.44. The molecule has 0 aromatic heterocycles. The van der Waals surface area contributed by atoms with E-state index < -0.39 is 11.5 Å². The van der Waals surface area contributed by atoms with Crippen molar-refractivity contribution in [2.45, 2.75) is 69.1 Å². The van der Waals surface area contributed by atoms with Gasteiger partial charge in [-0.1, -0.05) is 13.3 Å². The lowest BCUT2D eigenvalue weighted by Crippen LogP contribution is -2.58. The lowest BCUT2D eigenvalue weighted by molar-refractivity contribution is -0.156. The molecule has 5 heteroatoms. The van der Waals surface area contributed by atoms with Crippen molar-refractivity contribution in [1.29, 1.82) is 0 Å². The van der Waals surface area contributed by atoms with Crippen LogP contribution in [0.2, 0.25) is 0 Å². The SMILES string of the molecule is CCCC1(C(=O)O)CCCN1C1CCOC2(CCSC2)C1. The Labute approximate surface area is 131 Å². The van der Waals surface area contributed by atoms with Crippen molar-refractivity contribution in [3.8, 4) is 0 Å². The van der Waals surface area contributed by atoms with Crippen molar-refractivity contribution in [3.05, 3.63) is 0 Å². The fourth-order valence-electron chi connectivity index (χ4n) is 4.58. The van der Waals surface area contributed by atoms with Crippen LogP contribution in [-0.4, -0.2) is 57.8 Å². The fraction of sp³-hybridized carbons (Fsp3) is 0.938. The Morgan fingerprint density at radius 1 is 1.48 bits per heavy atom. The Bertz CT molecular complexity index is 397. The Balaban J connectivity index is 1.79. The molecule has 21 heavy (non-hydrogen) atoms. The van der Waals surface area contributed by atoms with Crippen LogP contribution in [0.25, 0.3) is 0 Å². The number of carbonyl (C=O) groups is 1. The molecule has 120 valence electrons. The first-order chi connectivity index (χ1) is 10.1. The van der Waals surface area contributed by atoms with Crippen LogP contribution in [0.1, 0.15) is 51.9 Å². The average Bonchev–Trinajstić information content (AvgIpc) is 3.08. The number of nitrogens with zero attached hydrogens (tertiary/aromatic N) is 1. The van der Waals surface area contributed by atoms with E-state index in [1.54, 1.807) is 0 Å². The molecule has 3 fully saturated rings. The second-order valence-electron chi connectivity index (χ2n) is 6.86. The maximum Gasteiger partial charge on any atom is 0.324 e. The second kappa shape index (κ2) is 6.09. The number of thioether (sulfide) groups is 1. The first-order valence-corrected chi connectivity index (χ1v) is 9.49. The molecule has 0 aromatic rings. The predicted molar refractivity (Wildman–Crippen MR) is 84.9 cm³/mol. The predicted octanol–water partition coefficient (Wildman–Crippen LogP) is 2.76. The molecular weight excluding hydrogens is 286 g/mol. The molecule has 1 N–H and O–H groups in total.